The minimum atomic E-state index is -0.478. The standard InChI is InChI=1S/C18H15N3O3S/c1-12-19-16(11-25-12)13-6-4-7-15(9-13)20-18(22)10-14-5-2-3-8-17(14)21(23)24/h2-9,11H,10H2,1H3,(H,20,22). The summed E-state index contributed by atoms with van der Waals surface area (Å²) < 4.78 is 0. The maximum absolute atomic E-state index is 12.3. The number of anilines is 1. The molecule has 0 radical (unpaired) electrons. The van der Waals surface area contributed by atoms with Gasteiger partial charge in [-0.1, -0.05) is 30.3 Å². The van der Waals surface area contributed by atoms with Crippen molar-refractivity contribution in [2.45, 2.75) is 13.3 Å². The number of hydrogen-bond donors (Lipinski definition) is 1. The van der Waals surface area contributed by atoms with Gasteiger partial charge in [-0.2, -0.15) is 0 Å². The highest BCUT2D eigenvalue weighted by molar-refractivity contribution is 7.09. The van der Waals surface area contributed by atoms with E-state index in [0.717, 1.165) is 16.3 Å². The molecule has 1 heterocycles. The highest BCUT2D eigenvalue weighted by Crippen LogP contribution is 2.24. The van der Waals surface area contributed by atoms with Crippen LogP contribution < -0.4 is 5.32 Å². The van der Waals surface area contributed by atoms with E-state index in [-0.39, 0.29) is 18.0 Å². The van der Waals surface area contributed by atoms with Gasteiger partial charge >= 0.3 is 0 Å². The number of nitro groups is 1. The first-order valence-corrected chi connectivity index (χ1v) is 8.45. The van der Waals surface area contributed by atoms with Gasteiger partial charge in [0.25, 0.3) is 5.69 Å². The summed E-state index contributed by atoms with van der Waals surface area (Å²) in [5.41, 5.74) is 2.73. The van der Waals surface area contributed by atoms with E-state index in [4.69, 9.17) is 0 Å². The van der Waals surface area contributed by atoms with Crippen molar-refractivity contribution < 1.29 is 9.72 Å². The number of benzene rings is 2. The van der Waals surface area contributed by atoms with E-state index in [1.54, 1.807) is 35.6 Å². The summed E-state index contributed by atoms with van der Waals surface area (Å²) >= 11 is 1.56. The third-order valence-corrected chi connectivity index (χ3v) is 4.37. The highest BCUT2D eigenvalue weighted by atomic mass is 32.1. The van der Waals surface area contributed by atoms with Crippen LogP contribution in [0.1, 0.15) is 10.6 Å². The zero-order chi connectivity index (χ0) is 17.8. The molecule has 25 heavy (non-hydrogen) atoms. The quantitative estimate of drug-likeness (QED) is 0.550. The second kappa shape index (κ2) is 7.23. The van der Waals surface area contributed by atoms with Crippen LogP contribution in [0, 0.1) is 17.0 Å². The second-order valence-corrected chi connectivity index (χ2v) is 6.51. The molecule has 0 aliphatic heterocycles. The topological polar surface area (TPSA) is 85.1 Å². The van der Waals surface area contributed by atoms with Crippen molar-refractivity contribution in [3.8, 4) is 11.3 Å². The fourth-order valence-electron chi connectivity index (χ4n) is 2.47. The fourth-order valence-corrected chi connectivity index (χ4v) is 3.09. The summed E-state index contributed by atoms with van der Waals surface area (Å²) in [6, 6.07) is 13.6. The average molecular weight is 353 g/mol. The van der Waals surface area contributed by atoms with Crippen molar-refractivity contribution in [1.82, 2.24) is 4.98 Å². The third-order valence-electron chi connectivity index (χ3n) is 3.60. The molecule has 3 rings (SSSR count). The molecule has 0 saturated heterocycles. The summed E-state index contributed by atoms with van der Waals surface area (Å²) in [7, 11) is 0. The lowest BCUT2D eigenvalue weighted by Gasteiger charge is -2.07. The van der Waals surface area contributed by atoms with E-state index >= 15 is 0 Å². The van der Waals surface area contributed by atoms with Gasteiger partial charge in [-0.25, -0.2) is 4.98 Å². The number of carbonyl (C=O) groups excluding carboxylic acids is 1. The molecule has 7 heteroatoms. The number of carbonyl (C=O) groups is 1. The number of amides is 1. The lowest BCUT2D eigenvalue weighted by atomic mass is 10.1. The van der Waals surface area contributed by atoms with Crippen LogP contribution in [0.3, 0.4) is 0 Å². The van der Waals surface area contributed by atoms with Gasteiger partial charge in [-0.3, -0.25) is 14.9 Å². The first-order valence-electron chi connectivity index (χ1n) is 7.57. The minimum Gasteiger partial charge on any atom is -0.326 e. The lowest BCUT2D eigenvalue weighted by molar-refractivity contribution is -0.385. The van der Waals surface area contributed by atoms with E-state index in [2.05, 4.69) is 10.3 Å². The molecular weight excluding hydrogens is 338 g/mol. The molecule has 1 amide bonds. The van der Waals surface area contributed by atoms with E-state index in [1.165, 1.54) is 6.07 Å². The van der Waals surface area contributed by atoms with Gasteiger partial charge in [0.05, 0.1) is 22.0 Å². The third kappa shape index (κ3) is 4.07. The number of thiazole rings is 1. The van der Waals surface area contributed by atoms with Crippen LogP contribution in [0.4, 0.5) is 11.4 Å². The smallest absolute Gasteiger partial charge is 0.273 e. The number of rotatable bonds is 5. The second-order valence-electron chi connectivity index (χ2n) is 5.44. The Labute approximate surface area is 148 Å². The molecule has 0 unspecified atom stereocenters. The van der Waals surface area contributed by atoms with E-state index in [1.807, 2.05) is 30.5 Å². The molecule has 0 bridgehead atoms. The molecule has 6 nitrogen and oxygen atoms in total. The number of nitrogens with one attached hydrogen (secondary N) is 1. The van der Waals surface area contributed by atoms with Crippen molar-refractivity contribution in [3.05, 3.63) is 74.6 Å². The molecule has 126 valence electrons. The minimum absolute atomic E-state index is 0.0515. The Hall–Kier alpha value is -3.06. The molecule has 1 aromatic heterocycles. The summed E-state index contributed by atoms with van der Waals surface area (Å²) in [6.07, 6.45) is -0.0583. The van der Waals surface area contributed by atoms with Crippen LogP contribution in [0.15, 0.2) is 53.9 Å². The number of aryl methyl sites for hydroxylation is 1. The van der Waals surface area contributed by atoms with Gasteiger partial charge in [0, 0.05) is 28.3 Å². The van der Waals surface area contributed by atoms with Gasteiger partial charge in [0.1, 0.15) is 0 Å². The largest absolute Gasteiger partial charge is 0.326 e. The number of aromatic nitrogens is 1. The molecule has 0 fully saturated rings. The van der Waals surface area contributed by atoms with Crippen LogP contribution in [-0.4, -0.2) is 15.8 Å². The van der Waals surface area contributed by atoms with Crippen molar-refractivity contribution in [2.75, 3.05) is 5.32 Å². The Bertz CT molecular complexity index is 937. The van der Waals surface area contributed by atoms with Crippen molar-refractivity contribution in [2.24, 2.45) is 0 Å². The van der Waals surface area contributed by atoms with Crippen molar-refractivity contribution >= 4 is 28.6 Å². The zero-order valence-corrected chi connectivity index (χ0v) is 14.2. The highest BCUT2D eigenvalue weighted by Gasteiger charge is 2.15. The number of para-hydroxylation sites is 1. The Kier molecular flexibility index (Phi) is 4.85. The first kappa shape index (κ1) is 16.8. The number of nitro benzene ring substituents is 1. The molecular formula is C18H15N3O3S. The Morgan fingerprint density at radius 2 is 2.04 bits per heavy atom. The van der Waals surface area contributed by atoms with Gasteiger partial charge in [0.2, 0.25) is 5.91 Å². The Morgan fingerprint density at radius 3 is 2.76 bits per heavy atom. The van der Waals surface area contributed by atoms with Crippen molar-refractivity contribution in [3.63, 3.8) is 0 Å². The van der Waals surface area contributed by atoms with E-state index in [0.29, 0.717) is 11.3 Å². The number of nitrogens with zero attached hydrogens (tertiary/aromatic N) is 2. The maximum atomic E-state index is 12.3. The van der Waals surface area contributed by atoms with Crippen LogP contribution >= 0.6 is 11.3 Å². The van der Waals surface area contributed by atoms with E-state index in [9.17, 15) is 14.9 Å². The van der Waals surface area contributed by atoms with Gasteiger partial charge < -0.3 is 5.32 Å². The molecule has 0 atom stereocenters. The molecule has 3 aromatic rings. The molecule has 0 aliphatic carbocycles. The SMILES string of the molecule is Cc1nc(-c2cccc(NC(=O)Cc3ccccc3[N+](=O)[O-])c2)cs1. The fraction of sp³-hybridized carbons (Fsp3) is 0.111. The number of hydrogen-bond acceptors (Lipinski definition) is 5. The van der Waals surface area contributed by atoms with Crippen LogP contribution in [0.25, 0.3) is 11.3 Å². The zero-order valence-electron chi connectivity index (χ0n) is 13.4. The maximum Gasteiger partial charge on any atom is 0.273 e. The van der Waals surface area contributed by atoms with Gasteiger partial charge in [0.15, 0.2) is 0 Å². The molecule has 1 N–H and O–H groups in total. The Morgan fingerprint density at radius 1 is 1.24 bits per heavy atom. The lowest BCUT2D eigenvalue weighted by Crippen LogP contribution is -2.15. The normalized spacial score (nSPS) is 10.4. The summed E-state index contributed by atoms with van der Waals surface area (Å²) in [6.45, 7) is 1.94. The molecule has 2 aromatic carbocycles. The van der Waals surface area contributed by atoms with Gasteiger partial charge in [-0.15, -0.1) is 11.3 Å². The predicted octanol–water partition coefficient (Wildman–Crippen LogP) is 4.21. The van der Waals surface area contributed by atoms with Crippen LogP contribution in [0.5, 0.6) is 0 Å². The molecule has 0 spiro atoms. The predicted molar refractivity (Wildman–Crippen MR) is 97.7 cm³/mol. The summed E-state index contributed by atoms with van der Waals surface area (Å²) in [4.78, 5) is 27.2. The molecule has 0 aliphatic rings. The molecule has 0 saturated carbocycles. The Balaban J connectivity index is 1.75. The van der Waals surface area contributed by atoms with Gasteiger partial charge in [-0.05, 0) is 19.1 Å². The van der Waals surface area contributed by atoms with E-state index < -0.39 is 4.92 Å². The first-order chi connectivity index (χ1) is 12.0. The monoisotopic (exact) mass is 353 g/mol. The summed E-state index contributed by atoms with van der Waals surface area (Å²) in [5, 5.41) is 16.8. The van der Waals surface area contributed by atoms with Crippen molar-refractivity contribution in [1.29, 1.82) is 0 Å². The van der Waals surface area contributed by atoms with Crippen LogP contribution in [-0.2, 0) is 11.2 Å². The average Bonchev–Trinajstić information content (AvgIpc) is 3.02. The van der Waals surface area contributed by atoms with Crippen LogP contribution in [0.2, 0.25) is 0 Å². The summed E-state index contributed by atoms with van der Waals surface area (Å²) in [5.74, 6) is -0.305.